The second kappa shape index (κ2) is 13.0. The molecule has 1 aliphatic heterocycles. The van der Waals surface area contributed by atoms with Crippen LogP contribution in [0.25, 0.3) is 11.2 Å². The monoisotopic (exact) mass is 636 g/mol. The highest BCUT2D eigenvalue weighted by Crippen LogP contribution is 2.51. The number of aliphatic hydroxyl groups excluding tert-OH is 1. The predicted octanol–water partition coefficient (Wildman–Crippen LogP) is 2.76. The number of esters is 2. The number of hydrogen-bond acceptors (Lipinski definition) is 14. The summed E-state index contributed by atoms with van der Waals surface area (Å²) >= 11 is 0. The molecule has 0 amide bonds. The van der Waals surface area contributed by atoms with E-state index in [0.717, 1.165) is 0 Å². The lowest BCUT2D eigenvalue weighted by molar-refractivity contribution is -0.149. The van der Waals surface area contributed by atoms with Gasteiger partial charge in [-0.25, -0.2) is 9.55 Å². The lowest BCUT2D eigenvalue weighted by atomic mass is 9.84. The molecule has 3 heterocycles. The highest BCUT2D eigenvalue weighted by atomic mass is 31.2. The number of aromatic nitrogens is 4. The zero-order chi connectivity index (χ0) is 32.4. The molecule has 0 spiro atoms. The molecule has 3 aromatic rings. The number of nitrogen functional groups attached to an aromatic ring is 1. The van der Waals surface area contributed by atoms with E-state index in [1.54, 1.807) is 44.4 Å². The summed E-state index contributed by atoms with van der Waals surface area (Å²) in [6.45, 7) is 9.06. The molecule has 44 heavy (non-hydrogen) atoms. The molecule has 1 saturated heterocycles. The number of para-hydroxylation sites is 2. The normalized spacial score (nSPS) is 21.5. The van der Waals surface area contributed by atoms with Crippen molar-refractivity contribution in [1.82, 2.24) is 24.6 Å². The Morgan fingerprint density at radius 2 is 1.89 bits per heavy atom. The van der Waals surface area contributed by atoms with Gasteiger partial charge in [-0.3, -0.25) is 18.7 Å². The number of imidazole rings is 1. The molecular weight excluding hydrogens is 599 g/mol. The zero-order valence-corrected chi connectivity index (χ0v) is 26.3. The third-order valence-electron chi connectivity index (χ3n) is 6.69. The lowest BCUT2D eigenvalue weighted by Crippen LogP contribution is -2.38. The topological polar surface area (TPSA) is 208 Å². The third-order valence-corrected chi connectivity index (χ3v) is 8.32. The Bertz CT molecular complexity index is 1560. The van der Waals surface area contributed by atoms with Crippen molar-refractivity contribution in [3.05, 3.63) is 30.6 Å². The van der Waals surface area contributed by atoms with Crippen molar-refractivity contribution in [2.24, 2.45) is 5.41 Å². The van der Waals surface area contributed by atoms with E-state index >= 15 is 0 Å². The summed E-state index contributed by atoms with van der Waals surface area (Å²) in [5.74, 6) is -1.33. The predicted molar refractivity (Wildman–Crippen MR) is 156 cm³/mol. The molecule has 0 saturated carbocycles. The standard InChI is InChI=1S/C27H37N6O10P/c1-14(2)40-24(36)15(3)32-44(37,43-18-11-9-8-10-17(18)41-16(4)34)39-12-19-21(35)27(5,6)25(42-19)33-13-29-20-22(33)30-26(28)31-23(20)38-7/h8-11,13-15,19,21,25,35H,12H2,1-7H3,(H,32,37)(H2,28,30,31)/t15-,19+,21+,25+,44?/m0/s1. The van der Waals surface area contributed by atoms with Gasteiger partial charge in [-0.15, -0.1) is 0 Å². The molecule has 5 atom stereocenters. The van der Waals surface area contributed by atoms with Crippen molar-refractivity contribution in [3.63, 3.8) is 0 Å². The largest absolute Gasteiger partial charge is 0.479 e. The molecule has 1 fully saturated rings. The number of benzene rings is 1. The molecule has 0 bridgehead atoms. The fourth-order valence-electron chi connectivity index (χ4n) is 4.60. The van der Waals surface area contributed by atoms with E-state index in [1.807, 2.05) is 0 Å². The maximum absolute atomic E-state index is 14.1. The van der Waals surface area contributed by atoms with Crippen LogP contribution in [0.1, 0.15) is 47.8 Å². The van der Waals surface area contributed by atoms with Crippen LogP contribution >= 0.6 is 7.75 Å². The Balaban J connectivity index is 1.61. The minimum Gasteiger partial charge on any atom is -0.479 e. The van der Waals surface area contributed by atoms with Crippen molar-refractivity contribution < 1.29 is 47.3 Å². The molecule has 0 aliphatic carbocycles. The molecule has 1 unspecified atom stereocenters. The van der Waals surface area contributed by atoms with E-state index in [1.165, 1.54) is 39.4 Å². The second-order valence-corrected chi connectivity index (χ2v) is 12.7. The molecule has 4 N–H and O–H groups in total. The van der Waals surface area contributed by atoms with Gasteiger partial charge in [0, 0.05) is 12.3 Å². The van der Waals surface area contributed by atoms with E-state index in [-0.39, 0.29) is 23.3 Å². The van der Waals surface area contributed by atoms with Crippen molar-refractivity contribution in [2.45, 2.75) is 72.1 Å². The van der Waals surface area contributed by atoms with Gasteiger partial charge in [-0.1, -0.05) is 26.0 Å². The van der Waals surface area contributed by atoms with E-state index in [4.69, 9.17) is 33.7 Å². The molecule has 16 nitrogen and oxygen atoms in total. The summed E-state index contributed by atoms with van der Waals surface area (Å²) in [6.07, 6.45) is -1.97. The minimum atomic E-state index is -4.43. The maximum atomic E-state index is 14.1. The van der Waals surface area contributed by atoms with Gasteiger partial charge in [0.1, 0.15) is 18.4 Å². The number of hydrogen-bond donors (Lipinski definition) is 3. The fourth-order valence-corrected chi connectivity index (χ4v) is 6.11. The van der Waals surface area contributed by atoms with Gasteiger partial charge in [0.15, 0.2) is 22.7 Å². The summed E-state index contributed by atoms with van der Waals surface area (Å²) in [5, 5.41) is 13.9. The Hall–Kier alpha value is -3.82. The number of nitrogens with one attached hydrogen (secondary N) is 1. The van der Waals surface area contributed by atoms with Crippen LogP contribution in [0.3, 0.4) is 0 Å². The quantitative estimate of drug-likeness (QED) is 0.148. The van der Waals surface area contributed by atoms with Gasteiger partial charge in [-0.05, 0) is 32.9 Å². The molecule has 0 radical (unpaired) electrons. The first-order valence-corrected chi connectivity index (χ1v) is 15.3. The number of nitrogens with zero attached hydrogens (tertiary/aromatic N) is 4. The van der Waals surface area contributed by atoms with Gasteiger partial charge in [-0.2, -0.15) is 15.1 Å². The van der Waals surface area contributed by atoms with Crippen LogP contribution in [0.5, 0.6) is 17.4 Å². The van der Waals surface area contributed by atoms with Crippen molar-refractivity contribution >= 4 is 36.8 Å². The SMILES string of the molecule is COc1nc(N)nc2c1ncn2[C@@H]1O[C@H](COP(=O)(N[C@@H](C)C(=O)OC(C)C)Oc2ccccc2OC(C)=O)[C@@H](O)C1(C)C. The number of ether oxygens (including phenoxy) is 4. The van der Waals surface area contributed by atoms with Crippen LogP contribution in [-0.4, -0.2) is 74.6 Å². The second-order valence-electron chi connectivity index (χ2n) is 11.0. The molecular formula is C27H37N6O10P. The van der Waals surface area contributed by atoms with Crippen LogP contribution in [0.15, 0.2) is 30.6 Å². The van der Waals surface area contributed by atoms with Gasteiger partial charge >= 0.3 is 19.7 Å². The van der Waals surface area contributed by atoms with Gasteiger partial charge in [0.25, 0.3) is 0 Å². The highest BCUT2D eigenvalue weighted by molar-refractivity contribution is 7.52. The number of carbonyl (C=O) groups excluding carboxylic acids is 2. The Labute approximate surface area is 253 Å². The van der Waals surface area contributed by atoms with E-state index in [9.17, 15) is 19.3 Å². The molecule has 1 aromatic carbocycles. The number of aliphatic hydroxyl groups is 1. The van der Waals surface area contributed by atoms with Crippen molar-refractivity contribution in [3.8, 4) is 17.4 Å². The molecule has 1 aliphatic rings. The van der Waals surface area contributed by atoms with Crippen LogP contribution in [0, 0.1) is 5.41 Å². The summed E-state index contributed by atoms with van der Waals surface area (Å²) < 4.78 is 49.1. The molecule has 240 valence electrons. The summed E-state index contributed by atoms with van der Waals surface area (Å²) in [5.41, 5.74) is 5.58. The van der Waals surface area contributed by atoms with E-state index in [2.05, 4.69) is 20.0 Å². The molecule has 17 heteroatoms. The maximum Gasteiger partial charge on any atom is 0.459 e. The summed E-state index contributed by atoms with van der Waals surface area (Å²) in [7, 11) is -3.00. The average Bonchev–Trinajstić information content (AvgIpc) is 3.44. The Morgan fingerprint density at radius 3 is 2.52 bits per heavy atom. The van der Waals surface area contributed by atoms with Crippen LogP contribution in [0.4, 0.5) is 5.95 Å². The molecule has 4 rings (SSSR count). The molecule has 2 aromatic heterocycles. The smallest absolute Gasteiger partial charge is 0.459 e. The number of methoxy groups -OCH3 is 1. The van der Waals surface area contributed by atoms with Gasteiger partial charge < -0.3 is 34.3 Å². The number of carbonyl (C=O) groups is 2. The fraction of sp³-hybridized carbons (Fsp3) is 0.519. The van der Waals surface area contributed by atoms with E-state index < -0.39 is 62.3 Å². The van der Waals surface area contributed by atoms with Crippen LogP contribution in [0.2, 0.25) is 0 Å². The first-order chi connectivity index (χ1) is 20.6. The first kappa shape index (κ1) is 33.1. The average molecular weight is 637 g/mol. The highest BCUT2D eigenvalue weighted by Gasteiger charge is 2.52. The van der Waals surface area contributed by atoms with Gasteiger partial charge in [0.2, 0.25) is 11.8 Å². The Morgan fingerprint density at radius 1 is 1.20 bits per heavy atom. The van der Waals surface area contributed by atoms with Crippen molar-refractivity contribution in [2.75, 3.05) is 19.5 Å². The first-order valence-electron chi connectivity index (χ1n) is 13.7. The number of nitrogens with two attached hydrogens (primary N) is 1. The minimum absolute atomic E-state index is 0.0231. The third kappa shape index (κ3) is 7.11. The van der Waals surface area contributed by atoms with Crippen molar-refractivity contribution in [1.29, 1.82) is 0 Å². The van der Waals surface area contributed by atoms with E-state index in [0.29, 0.717) is 11.2 Å². The van der Waals surface area contributed by atoms with Gasteiger partial charge in [0.05, 0.1) is 32.3 Å². The summed E-state index contributed by atoms with van der Waals surface area (Å²) in [6, 6.07) is 4.88. The number of anilines is 1. The number of fused-ring (bicyclic) bond motifs is 1. The van der Waals surface area contributed by atoms with Crippen LogP contribution < -0.4 is 24.8 Å². The van der Waals surface area contributed by atoms with Crippen LogP contribution in [-0.2, 0) is 28.2 Å². The zero-order valence-electron chi connectivity index (χ0n) is 25.4. The Kier molecular flexibility index (Phi) is 9.80. The summed E-state index contributed by atoms with van der Waals surface area (Å²) in [4.78, 5) is 36.8. The lowest BCUT2D eigenvalue weighted by Gasteiger charge is -2.29. The number of rotatable bonds is 12.